The zero-order valence-corrected chi connectivity index (χ0v) is 18.0. The molecule has 0 aliphatic carbocycles. The Morgan fingerprint density at radius 2 is 1.62 bits per heavy atom. The maximum absolute atomic E-state index is 12.4. The molecule has 8 heteroatoms. The van der Waals surface area contributed by atoms with Crippen LogP contribution >= 0.6 is 0 Å². The highest BCUT2D eigenvalue weighted by molar-refractivity contribution is 7.92. The molecule has 0 fully saturated rings. The topological polar surface area (TPSA) is 101 Å². The van der Waals surface area contributed by atoms with Crippen LogP contribution in [0.5, 0.6) is 0 Å². The molecule has 1 heterocycles. The number of carbonyl (C=O) groups is 1. The molecule has 0 spiro atoms. The number of sulfonamides is 1. The van der Waals surface area contributed by atoms with E-state index in [4.69, 9.17) is 0 Å². The van der Waals surface area contributed by atoms with Gasteiger partial charge in [0.05, 0.1) is 4.90 Å². The van der Waals surface area contributed by atoms with Gasteiger partial charge in [0.2, 0.25) is 11.9 Å². The molecule has 2 aromatic rings. The van der Waals surface area contributed by atoms with Gasteiger partial charge in [-0.3, -0.25) is 4.79 Å². The molecule has 29 heavy (non-hydrogen) atoms. The molecule has 0 aliphatic rings. The molecule has 1 amide bonds. The first-order chi connectivity index (χ1) is 13.9. The summed E-state index contributed by atoms with van der Waals surface area (Å²) in [5.41, 5.74) is 1.24. The molecule has 2 N–H and O–H groups in total. The zero-order valence-electron chi connectivity index (χ0n) is 17.1. The molecule has 1 aromatic carbocycles. The van der Waals surface area contributed by atoms with Crippen molar-refractivity contribution in [3.63, 3.8) is 0 Å². The van der Waals surface area contributed by atoms with Crippen LogP contribution in [0.25, 0.3) is 0 Å². The van der Waals surface area contributed by atoms with E-state index < -0.39 is 10.0 Å². The van der Waals surface area contributed by atoms with E-state index in [0.29, 0.717) is 17.8 Å². The average molecular weight is 419 g/mol. The van der Waals surface area contributed by atoms with Gasteiger partial charge in [-0.05, 0) is 43.7 Å². The molecule has 0 bridgehead atoms. The van der Waals surface area contributed by atoms with Crippen LogP contribution in [0.4, 0.5) is 11.6 Å². The number of nitrogens with one attached hydrogen (secondary N) is 2. The summed E-state index contributed by atoms with van der Waals surface area (Å²) >= 11 is 0. The van der Waals surface area contributed by atoms with Gasteiger partial charge in [0.1, 0.15) is 0 Å². The second-order valence-corrected chi connectivity index (χ2v) is 8.75. The Kier molecular flexibility index (Phi) is 9.05. The number of rotatable bonds is 12. The largest absolute Gasteiger partial charge is 0.326 e. The monoisotopic (exact) mass is 418 g/mol. The van der Waals surface area contributed by atoms with Crippen molar-refractivity contribution in [3.05, 3.63) is 42.2 Å². The SMILES string of the molecule is CCCCCCCCCC(=O)Nc1ccc(S(=O)(=O)Nc2nccc(C)n2)cc1. The highest BCUT2D eigenvalue weighted by atomic mass is 32.2. The summed E-state index contributed by atoms with van der Waals surface area (Å²) in [6, 6.07) is 7.73. The summed E-state index contributed by atoms with van der Waals surface area (Å²) in [6.07, 6.45) is 10.1. The molecule has 0 atom stereocenters. The van der Waals surface area contributed by atoms with E-state index in [1.807, 2.05) is 0 Å². The first-order valence-corrected chi connectivity index (χ1v) is 11.6. The van der Waals surface area contributed by atoms with Gasteiger partial charge in [0.15, 0.2) is 0 Å². The lowest BCUT2D eigenvalue weighted by Gasteiger charge is -2.09. The predicted molar refractivity (Wildman–Crippen MR) is 115 cm³/mol. The lowest BCUT2D eigenvalue weighted by Crippen LogP contribution is -2.15. The zero-order chi connectivity index (χ0) is 21.1. The van der Waals surface area contributed by atoms with Gasteiger partial charge in [0, 0.05) is 24.0 Å². The number of anilines is 2. The van der Waals surface area contributed by atoms with E-state index in [9.17, 15) is 13.2 Å². The lowest BCUT2D eigenvalue weighted by atomic mass is 10.1. The first-order valence-electron chi connectivity index (χ1n) is 10.1. The van der Waals surface area contributed by atoms with E-state index in [1.54, 1.807) is 25.1 Å². The summed E-state index contributed by atoms with van der Waals surface area (Å²) in [6.45, 7) is 3.95. The number of amides is 1. The van der Waals surface area contributed by atoms with Crippen LogP contribution in [-0.4, -0.2) is 24.3 Å². The van der Waals surface area contributed by atoms with Gasteiger partial charge in [-0.2, -0.15) is 0 Å². The third kappa shape index (κ3) is 8.19. The standard InChI is InChI=1S/C21H30N4O3S/c1-3-4-5-6-7-8-9-10-20(26)24-18-11-13-19(14-12-18)29(27,28)25-21-22-16-15-17(2)23-21/h11-16H,3-10H2,1-2H3,(H,24,26)(H,22,23,25). The molecule has 158 valence electrons. The van der Waals surface area contributed by atoms with Gasteiger partial charge in [-0.25, -0.2) is 23.1 Å². The van der Waals surface area contributed by atoms with Crippen molar-refractivity contribution in [1.29, 1.82) is 0 Å². The van der Waals surface area contributed by atoms with Crippen LogP contribution in [0, 0.1) is 6.92 Å². The fraction of sp³-hybridized carbons (Fsp3) is 0.476. The molecule has 2 rings (SSSR count). The minimum Gasteiger partial charge on any atom is -0.326 e. The Morgan fingerprint density at radius 3 is 2.28 bits per heavy atom. The normalized spacial score (nSPS) is 11.2. The Hall–Kier alpha value is -2.48. The molecule has 1 aromatic heterocycles. The third-order valence-electron chi connectivity index (χ3n) is 4.48. The van der Waals surface area contributed by atoms with E-state index in [-0.39, 0.29) is 16.8 Å². The lowest BCUT2D eigenvalue weighted by molar-refractivity contribution is -0.116. The minimum atomic E-state index is -3.79. The molecule has 7 nitrogen and oxygen atoms in total. The summed E-state index contributed by atoms with van der Waals surface area (Å²) in [5.74, 6) is -0.0301. The minimum absolute atomic E-state index is 0.0251. The van der Waals surface area contributed by atoms with Crippen molar-refractivity contribution in [1.82, 2.24) is 9.97 Å². The third-order valence-corrected chi connectivity index (χ3v) is 5.82. The number of hydrogen-bond donors (Lipinski definition) is 2. The molecular weight excluding hydrogens is 388 g/mol. The summed E-state index contributed by atoms with van der Waals surface area (Å²) in [4.78, 5) is 20.1. The highest BCUT2D eigenvalue weighted by Crippen LogP contribution is 2.17. The van der Waals surface area contributed by atoms with Crippen LogP contribution in [-0.2, 0) is 14.8 Å². The summed E-state index contributed by atoms with van der Waals surface area (Å²) < 4.78 is 27.2. The summed E-state index contributed by atoms with van der Waals surface area (Å²) in [7, 11) is -3.79. The Labute approximate surface area is 173 Å². The average Bonchev–Trinajstić information content (AvgIpc) is 2.67. The van der Waals surface area contributed by atoms with Crippen molar-refractivity contribution >= 4 is 27.6 Å². The highest BCUT2D eigenvalue weighted by Gasteiger charge is 2.15. The Balaban J connectivity index is 1.81. The van der Waals surface area contributed by atoms with Crippen LogP contribution in [0.1, 0.15) is 64.0 Å². The molecule has 0 saturated carbocycles. The molecule has 0 radical (unpaired) electrons. The van der Waals surface area contributed by atoms with Crippen molar-refractivity contribution < 1.29 is 13.2 Å². The van der Waals surface area contributed by atoms with E-state index >= 15 is 0 Å². The smallest absolute Gasteiger partial charge is 0.264 e. The van der Waals surface area contributed by atoms with Crippen LogP contribution in [0.3, 0.4) is 0 Å². The van der Waals surface area contributed by atoms with Crippen molar-refractivity contribution in [2.75, 3.05) is 10.0 Å². The second-order valence-electron chi connectivity index (χ2n) is 7.07. The van der Waals surface area contributed by atoms with Gasteiger partial charge >= 0.3 is 0 Å². The van der Waals surface area contributed by atoms with E-state index in [2.05, 4.69) is 26.9 Å². The molecular formula is C21H30N4O3S. The fourth-order valence-electron chi connectivity index (χ4n) is 2.86. The Morgan fingerprint density at radius 1 is 0.966 bits per heavy atom. The number of aromatic nitrogens is 2. The fourth-order valence-corrected chi connectivity index (χ4v) is 3.81. The maximum Gasteiger partial charge on any atom is 0.264 e. The number of nitrogens with zero attached hydrogens (tertiary/aromatic N) is 2. The number of carbonyl (C=O) groups excluding carboxylic acids is 1. The first kappa shape index (κ1) is 22.8. The van der Waals surface area contributed by atoms with Gasteiger partial charge < -0.3 is 5.32 Å². The van der Waals surface area contributed by atoms with Crippen LogP contribution in [0.15, 0.2) is 41.4 Å². The van der Waals surface area contributed by atoms with Crippen LogP contribution < -0.4 is 10.0 Å². The van der Waals surface area contributed by atoms with Crippen molar-refractivity contribution in [3.8, 4) is 0 Å². The van der Waals surface area contributed by atoms with E-state index in [0.717, 1.165) is 19.3 Å². The molecule has 0 aliphatic heterocycles. The Bertz CT molecular complexity index is 883. The predicted octanol–water partition coefficient (Wildman–Crippen LogP) is 4.67. The van der Waals surface area contributed by atoms with E-state index in [1.165, 1.54) is 44.0 Å². The van der Waals surface area contributed by atoms with Crippen LogP contribution in [0.2, 0.25) is 0 Å². The maximum atomic E-state index is 12.4. The van der Waals surface area contributed by atoms with Gasteiger partial charge in [-0.15, -0.1) is 0 Å². The van der Waals surface area contributed by atoms with Gasteiger partial charge in [-0.1, -0.05) is 45.4 Å². The molecule has 0 unspecified atom stereocenters. The summed E-state index contributed by atoms with van der Waals surface area (Å²) in [5, 5.41) is 2.81. The number of aryl methyl sites for hydroxylation is 1. The number of hydrogen-bond acceptors (Lipinski definition) is 5. The number of unbranched alkanes of at least 4 members (excludes halogenated alkanes) is 6. The van der Waals surface area contributed by atoms with Crippen molar-refractivity contribution in [2.24, 2.45) is 0 Å². The second kappa shape index (κ2) is 11.5. The van der Waals surface area contributed by atoms with Crippen molar-refractivity contribution in [2.45, 2.75) is 70.1 Å². The van der Waals surface area contributed by atoms with Gasteiger partial charge in [0.25, 0.3) is 10.0 Å². The number of benzene rings is 1. The quantitative estimate of drug-likeness (QED) is 0.488. The molecule has 0 saturated heterocycles.